The molecule has 1 aromatic carbocycles. The van der Waals surface area contributed by atoms with Gasteiger partial charge in [0.1, 0.15) is 5.76 Å². The van der Waals surface area contributed by atoms with Crippen LogP contribution < -0.4 is 5.32 Å². The summed E-state index contributed by atoms with van der Waals surface area (Å²) in [5, 5.41) is 7.80. The molecule has 0 bridgehead atoms. The van der Waals surface area contributed by atoms with Crippen LogP contribution in [0.25, 0.3) is 0 Å². The van der Waals surface area contributed by atoms with Gasteiger partial charge in [0, 0.05) is 42.7 Å². The van der Waals surface area contributed by atoms with E-state index >= 15 is 0 Å². The third-order valence-corrected chi connectivity index (χ3v) is 5.32. The molecule has 2 atom stereocenters. The molecule has 1 amide bonds. The first kappa shape index (κ1) is 16.6. The molecule has 1 N–H and O–H groups in total. The van der Waals surface area contributed by atoms with Crippen molar-refractivity contribution >= 4 is 17.5 Å². The number of hydrogen-bond donors (Lipinski definition) is 1. The van der Waals surface area contributed by atoms with E-state index in [1.807, 2.05) is 24.3 Å². The van der Waals surface area contributed by atoms with E-state index in [-0.39, 0.29) is 11.9 Å². The molecule has 1 saturated carbocycles. The molecule has 5 nitrogen and oxygen atoms in total. The van der Waals surface area contributed by atoms with E-state index in [2.05, 4.69) is 22.3 Å². The number of benzene rings is 1. The number of likely N-dealkylation sites (tertiary alicyclic amines) is 1. The lowest BCUT2D eigenvalue weighted by Gasteiger charge is -2.16. The number of carbonyl (C=O) groups excluding carboxylic acids is 1. The van der Waals surface area contributed by atoms with Gasteiger partial charge in [-0.3, -0.25) is 9.69 Å². The Bertz CT molecular complexity index is 754. The van der Waals surface area contributed by atoms with Crippen LogP contribution >= 0.6 is 11.6 Å². The van der Waals surface area contributed by atoms with Crippen molar-refractivity contribution in [1.82, 2.24) is 15.4 Å². The van der Waals surface area contributed by atoms with Crippen molar-refractivity contribution < 1.29 is 9.32 Å². The van der Waals surface area contributed by atoms with Crippen molar-refractivity contribution in [3.8, 4) is 0 Å². The average Bonchev–Trinajstić information content (AvgIpc) is 3.22. The molecular formula is C19H22ClN3O2. The van der Waals surface area contributed by atoms with Gasteiger partial charge in [0.2, 0.25) is 0 Å². The van der Waals surface area contributed by atoms with E-state index in [0.717, 1.165) is 43.3 Å². The molecule has 2 aromatic rings. The monoisotopic (exact) mass is 359 g/mol. The second-order valence-electron chi connectivity index (χ2n) is 7.27. The Hall–Kier alpha value is -1.85. The highest BCUT2D eigenvalue weighted by molar-refractivity contribution is 6.30. The summed E-state index contributed by atoms with van der Waals surface area (Å²) in [5.41, 5.74) is 1.62. The fraction of sp³-hybridized carbons (Fsp3) is 0.474. The Labute approximate surface area is 152 Å². The summed E-state index contributed by atoms with van der Waals surface area (Å²) in [6.45, 7) is 4.83. The predicted octanol–water partition coefficient (Wildman–Crippen LogP) is 3.46. The molecule has 1 aliphatic heterocycles. The van der Waals surface area contributed by atoms with Crippen LogP contribution in [0.1, 0.15) is 47.5 Å². The topological polar surface area (TPSA) is 58.4 Å². The first-order valence-electron chi connectivity index (χ1n) is 8.83. The van der Waals surface area contributed by atoms with Crippen LogP contribution in [0.3, 0.4) is 0 Å². The number of halogens is 1. The largest absolute Gasteiger partial charge is 0.360 e. The SMILES string of the molecule is CC1CN(Cc2ccc(Cl)cc2)CC1NC(=O)c1cc(C2CC2)on1. The molecular weight excluding hydrogens is 338 g/mol. The molecule has 1 aromatic heterocycles. The summed E-state index contributed by atoms with van der Waals surface area (Å²) >= 11 is 5.94. The standard InChI is InChI=1S/C19H22ClN3O2/c1-12-9-23(10-13-2-6-15(20)7-3-13)11-17(12)21-19(24)16-8-18(25-22-16)14-4-5-14/h2-3,6-8,12,14,17H,4-5,9-11H2,1H3,(H,21,24). The molecule has 25 heavy (non-hydrogen) atoms. The molecule has 2 aliphatic rings. The average molecular weight is 360 g/mol. The molecule has 2 unspecified atom stereocenters. The van der Waals surface area contributed by atoms with Crippen LogP contribution in [0.15, 0.2) is 34.9 Å². The number of carbonyl (C=O) groups is 1. The number of nitrogens with one attached hydrogen (secondary N) is 1. The van der Waals surface area contributed by atoms with Crippen LogP contribution in [-0.4, -0.2) is 35.1 Å². The zero-order chi connectivity index (χ0) is 17.4. The van der Waals surface area contributed by atoms with E-state index < -0.39 is 0 Å². The third kappa shape index (κ3) is 3.88. The van der Waals surface area contributed by atoms with Gasteiger partial charge in [0.25, 0.3) is 5.91 Å². The summed E-state index contributed by atoms with van der Waals surface area (Å²) in [6, 6.07) is 9.84. The molecule has 6 heteroatoms. The van der Waals surface area contributed by atoms with Crippen molar-refractivity contribution in [2.75, 3.05) is 13.1 Å². The number of nitrogens with zero attached hydrogens (tertiary/aromatic N) is 2. The maximum absolute atomic E-state index is 12.4. The van der Waals surface area contributed by atoms with Crippen LogP contribution in [0, 0.1) is 5.92 Å². The fourth-order valence-electron chi connectivity index (χ4n) is 3.43. The fourth-order valence-corrected chi connectivity index (χ4v) is 3.56. The minimum absolute atomic E-state index is 0.126. The van der Waals surface area contributed by atoms with Gasteiger partial charge >= 0.3 is 0 Å². The lowest BCUT2D eigenvalue weighted by Crippen LogP contribution is -2.39. The zero-order valence-corrected chi connectivity index (χ0v) is 15.0. The highest BCUT2D eigenvalue weighted by Crippen LogP contribution is 2.40. The predicted molar refractivity (Wildman–Crippen MR) is 95.6 cm³/mol. The van der Waals surface area contributed by atoms with Crippen LogP contribution in [0.5, 0.6) is 0 Å². The van der Waals surface area contributed by atoms with E-state index in [1.54, 1.807) is 6.07 Å². The van der Waals surface area contributed by atoms with E-state index in [1.165, 1.54) is 5.56 Å². The molecule has 1 aliphatic carbocycles. The molecule has 2 heterocycles. The van der Waals surface area contributed by atoms with Crippen molar-refractivity contribution in [1.29, 1.82) is 0 Å². The summed E-state index contributed by atoms with van der Waals surface area (Å²) < 4.78 is 5.28. The maximum Gasteiger partial charge on any atom is 0.273 e. The van der Waals surface area contributed by atoms with E-state index in [9.17, 15) is 4.79 Å². The van der Waals surface area contributed by atoms with Gasteiger partial charge in [0.15, 0.2) is 5.69 Å². The van der Waals surface area contributed by atoms with Crippen molar-refractivity contribution in [2.24, 2.45) is 5.92 Å². The quantitative estimate of drug-likeness (QED) is 0.888. The van der Waals surface area contributed by atoms with E-state index in [4.69, 9.17) is 16.1 Å². The number of hydrogen-bond acceptors (Lipinski definition) is 4. The first-order chi connectivity index (χ1) is 12.1. The number of rotatable bonds is 5. The second kappa shape index (κ2) is 6.81. The summed E-state index contributed by atoms with van der Waals surface area (Å²) in [4.78, 5) is 14.8. The van der Waals surface area contributed by atoms with Gasteiger partial charge in [-0.1, -0.05) is 35.8 Å². The molecule has 4 rings (SSSR count). The zero-order valence-electron chi connectivity index (χ0n) is 14.2. The minimum atomic E-state index is -0.138. The highest BCUT2D eigenvalue weighted by Gasteiger charge is 2.32. The lowest BCUT2D eigenvalue weighted by atomic mass is 10.1. The normalized spacial score (nSPS) is 23.8. The number of amides is 1. The van der Waals surface area contributed by atoms with Gasteiger partial charge in [0.05, 0.1) is 0 Å². The second-order valence-corrected chi connectivity index (χ2v) is 7.70. The molecule has 0 radical (unpaired) electrons. The molecule has 1 saturated heterocycles. The maximum atomic E-state index is 12.4. The Morgan fingerprint density at radius 2 is 2.08 bits per heavy atom. The summed E-state index contributed by atoms with van der Waals surface area (Å²) in [7, 11) is 0. The smallest absolute Gasteiger partial charge is 0.273 e. The third-order valence-electron chi connectivity index (χ3n) is 5.06. The summed E-state index contributed by atoms with van der Waals surface area (Å²) in [6.07, 6.45) is 2.27. The Balaban J connectivity index is 1.34. The molecule has 2 fully saturated rings. The van der Waals surface area contributed by atoms with Crippen molar-refractivity contribution in [2.45, 2.75) is 38.3 Å². The Morgan fingerprint density at radius 1 is 1.32 bits per heavy atom. The van der Waals surface area contributed by atoms with Gasteiger partial charge in [-0.2, -0.15) is 0 Å². The lowest BCUT2D eigenvalue weighted by molar-refractivity contribution is 0.0922. The first-order valence-corrected chi connectivity index (χ1v) is 9.20. The van der Waals surface area contributed by atoms with Crippen LogP contribution in [0.2, 0.25) is 5.02 Å². The Kier molecular flexibility index (Phi) is 4.52. The van der Waals surface area contributed by atoms with Crippen LogP contribution in [-0.2, 0) is 6.54 Å². The number of aromatic nitrogens is 1. The van der Waals surface area contributed by atoms with Gasteiger partial charge < -0.3 is 9.84 Å². The highest BCUT2D eigenvalue weighted by atomic mass is 35.5. The van der Waals surface area contributed by atoms with Crippen molar-refractivity contribution in [3.63, 3.8) is 0 Å². The Morgan fingerprint density at radius 3 is 2.80 bits per heavy atom. The van der Waals surface area contributed by atoms with Gasteiger partial charge in [-0.25, -0.2) is 0 Å². The summed E-state index contributed by atoms with van der Waals surface area (Å²) in [5.74, 6) is 1.57. The van der Waals surface area contributed by atoms with Crippen LogP contribution in [0.4, 0.5) is 0 Å². The molecule has 132 valence electrons. The van der Waals surface area contributed by atoms with Gasteiger partial charge in [-0.15, -0.1) is 0 Å². The van der Waals surface area contributed by atoms with Crippen molar-refractivity contribution in [3.05, 3.63) is 52.4 Å². The minimum Gasteiger partial charge on any atom is -0.360 e. The molecule has 0 spiro atoms. The van der Waals surface area contributed by atoms with E-state index in [0.29, 0.717) is 17.5 Å². The van der Waals surface area contributed by atoms with Gasteiger partial charge in [-0.05, 0) is 36.5 Å².